The summed E-state index contributed by atoms with van der Waals surface area (Å²) < 4.78 is 12.4. The van der Waals surface area contributed by atoms with Gasteiger partial charge in [-0.15, -0.1) is 0 Å². The highest BCUT2D eigenvalue weighted by Gasteiger charge is 2.52. The second-order valence-electron chi connectivity index (χ2n) is 6.63. The largest absolute Gasteiger partial charge is 0.444 e. The summed E-state index contributed by atoms with van der Waals surface area (Å²) >= 11 is 3.44. The highest BCUT2D eigenvalue weighted by Crippen LogP contribution is 2.43. The molecule has 1 heterocycles. The molecule has 2 fully saturated rings. The minimum absolute atomic E-state index is 0.0725. The average Bonchev–Trinajstić information content (AvgIpc) is 3.15. The minimum Gasteiger partial charge on any atom is -0.444 e. The number of morpholine rings is 1. The minimum atomic E-state index is -0.482. The Labute approximate surface area is 133 Å². The maximum Gasteiger partial charge on any atom is 0.411 e. The van der Waals surface area contributed by atoms with Gasteiger partial charge in [-0.3, -0.25) is 4.90 Å². The van der Waals surface area contributed by atoms with Gasteiger partial charge in [-0.25, -0.2) is 4.79 Å². The van der Waals surface area contributed by atoms with E-state index in [1.165, 1.54) is 0 Å². The fraction of sp³-hybridized carbons (Fsp3) is 0.562. The molecule has 1 saturated heterocycles. The monoisotopic (exact) mass is 353 g/mol. The molecule has 3 unspecified atom stereocenters. The van der Waals surface area contributed by atoms with Gasteiger partial charge in [0, 0.05) is 4.47 Å². The van der Waals surface area contributed by atoms with Crippen molar-refractivity contribution >= 4 is 22.0 Å². The molecule has 114 valence electrons. The first-order valence-corrected chi connectivity index (χ1v) is 8.03. The molecule has 1 aromatic rings. The molecule has 1 aromatic carbocycles. The van der Waals surface area contributed by atoms with Crippen LogP contribution in [0.1, 0.15) is 38.8 Å². The zero-order valence-corrected chi connectivity index (χ0v) is 14.1. The Kier molecular flexibility index (Phi) is 3.74. The summed E-state index contributed by atoms with van der Waals surface area (Å²) in [7, 11) is 0. The predicted molar refractivity (Wildman–Crippen MR) is 83.1 cm³/mol. The van der Waals surface area contributed by atoms with E-state index in [1.54, 1.807) is 0 Å². The van der Waals surface area contributed by atoms with Gasteiger partial charge in [-0.05, 0) is 44.9 Å². The Morgan fingerprint density at radius 3 is 2.62 bits per heavy atom. The molecule has 1 aliphatic heterocycles. The van der Waals surface area contributed by atoms with Crippen LogP contribution >= 0.6 is 15.9 Å². The van der Waals surface area contributed by atoms with Gasteiger partial charge in [0.1, 0.15) is 5.60 Å². The third kappa shape index (κ3) is 3.24. The lowest BCUT2D eigenvalue weighted by atomic mass is 10.1. The van der Waals surface area contributed by atoms with Crippen molar-refractivity contribution in [2.45, 2.75) is 51.0 Å². The second kappa shape index (κ2) is 5.29. The average molecular weight is 354 g/mol. The second-order valence-corrected chi connectivity index (χ2v) is 7.55. The molecule has 0 radical (unpaired) electrons. The highest BCUT2D eigenvalue weighted by molar-refractivity contribution is 9.10. The molecule has 3 rings (SSSR count). The van der Waals surface area contributed by atoms with E-state index in [1.807, 2.05) is 49.9 Å². The van der Waals surface area contributed by atoms with Crippen LogP contribution in [0.3, 0.4) is 0 Å². The number of halogens is 1. The number of rotatable bonds is 1. The fourth-order valence-corrected chi connectivity index (χ4v) is 2.94. The van der Waals surface area contributed by atoms with Crippen molar-refractivity contribution in [3.63, 3.8) is 0 Å². The summed E-state index contributed by atoms with van der Waals surface area (Å²) in [6.07, 6.45) is 0.849. The summed E-state index contributed by atoms with van der Waals surface area (Å²) in [5.74, 6) is 0. The van der Waals surface area contributed by atoms with E-state index in [4.69, 9.17) is 9.47 Å². The molecule has 1 aliphatic carbocycles. The Morgan fingerprint density at radius 2 is 2.00 bits per heavy atom. The third-order valence-corrected chi connectivity index (χ3v) is 4.25. The Hall–Kier alpha value is -1.07. The Morgan fingerprint density at radius 1 is 1.33 bits per heavy atom. The summed E-state index contributed by atoms with van der Waals surface area (Å²) in [5, 5.41) is 0. The number of carbonyl (C=O) groups excluding carboxylic acids is 1. The number of hydrogen-bond acceptors (Lipinski definition) is 3. The number of hydrogen-bond donors (Lipinski definition) is 0. The smallest absolute Gasteiger partial charge is 0.411 e. The van der Waals surface area contributed by atoms with Crippen LogP contribution in [0.5, 0.6) is 0 Å². The first-order chi connectivity index (χ1) is 9.85. The molecule has 2 aliphatic rings. The molecule has 1 amide bonds. The number of nitrogens with zero attached hydrogens (tertiary/aromatic N) is 1. The van der Waals surface area contributed by atoms with Gasteiger partial charge in [-0.2, -0.15) is 0 Å². The van der Waals surface area contributed by atoms with E-state index in [0.29, 0.717) is 6.61 Å². The maximum atomic E-state index is 12.5. The number of benzene rings is 1. The standard InChI is InChI=1S/C16H20BrNO3/c1-16(2,3)21-15(19)18-12-8-14(12)20-9-13(18)10-4-6-11(17)7-5-10/h4-7,12-14H,8-9H2,1-3H3. The van der Waals surface area contributed by atoms with Gasteiger partial charge in [0.2, 0.25) is 0 Å². The molecule has 21 heavy (non-hydrogen) atoms. The number of ether oxygens (including phenoxy) is 2. The van der Waals surface area contributed by atoms with Crippen LogP contribution in [0, 0.1) is 0 Å². The van der Waals surface area contributed by atoms with Crippen LogP contribution in [0.4, 0.5) is 4.79 Å². The molecule has 0 spiro atoms. The van der Waals surface area contributed by atoms with Gasteiger partial charge in [-0.1, -0.05) is 28.1 Å². The number of fused-ring (bicyclic) bond motifs is 1. The van der Waals surface area contributed by atoms with E-state index in [0.717, 1.165) is 16.5 Å². The van der Waals surface area contributed by atoms with Crippen molar-refractivity contribution in [3.8, 4) is 0 Å². The molecule has 0 N–H and O–H groups in total. The van der Waals surface area contributed by atoms with E-state index < -0.39 is 5.60 Å². The molecule has 5 heteroatoms. The topological polar surface area (TPSA) is 38.8 Å². The van der Waals surface area contributed by atoms with Gasteiger partial charge < -0.3 is 9.47 Å². The lowest BCUT2D eigenvalue weighted by Gasteiger charge is -2.36. The summed E-state index contributed by atoms with van der Waals surface area (Å²) in [4.78, 5) is 14.4. The number of amides is 1. The van der Waals surface area contributed by atoms with E-state index in [-0.39, 0.29) is 24.3 Å². The lowest BCUT2D eigenvalue weighted by Crippen LogP contribution is -2.46. The van der Waals surface area contributed by atoms with Crippen LogP contribution in [0.2, 0.25) is 0 Å². The SMILES string of the molecule is CC(C)(C)OC(=O)N1C(c2ccc(Br)cc2)COC2CC21. The first-order valence-electron chi connectivity index (χ1n) is 7.23. The van der Waals surface area contributed by atoms with Crippen molar-refractivity contribution in [2.75, 3.05) is 6.61 Å². The zero-order chi connectivity index (χ0) is 15.2. The van der Waals surface area contributed by atoms with Gasteiger partial charge >= 0.3 is 6.09 Å². The van der Waals surface area contributed by atoms with Crippen LogP contribution in [0.25, 0.3) is 0 Å². The number of carbonyl (C=O) groups is 1. The molecular weight excluding hydrogens is 334 g/mol. The quantitative estimate of drug-likeness (QED) is 0.768. The van der Waals surface area contributed by atoms with Crippen molar-refractivity contribution in [1.82, 2.24) is 4.90 Å². The van der Waals surface area contributed by atoms with Gasteiger partial charge in [0.25, 0.3) is 0 Å². The van der Waals surface area contributed by atoms with Crippen molar-refractivity contribution < 1.29 is 14.3 Å². The van der Waals surface area contributed by atoms with Crippen molar-refractivity contribution in [1.29, 1.82) is 0 Å². The van der Waals surface area contributed by atoms with Crippen LogP contribution < -0.4 is 0 Å². The summed E-state index contributed by atoms with van der Waals surface area (Å²) in [6.45, 7) is 6.21. The first kappa shape index (κ1) is 14.9. The van der Waals surface area contributed by atoms with Gasteiger partial charge in [0.05, 0.1) is 24.8 Å². The van der Waals surface area contributed by atoms with Crippen LogP contribution in [0.15, 0.2) is 28.7 Å². The van der Waals surface area contributed by atoms with Crippen molar-refractivity contribution in [3.05, 3.63) is 34.3 Å². The van der Waals surface area contributed by atoms with E-state index >= 15 is 0 Å². The van der Waals surface area contributed by atoms with Gasteiger partial charge in [0.15, 0.2) is 0 Å². The highest BCUT2D eigenvalue weighted by atomic mass is 79.9. The lowest BCUT2D eigenvalue weighted by molar-refractivity contribution is -0.0355. The zero-order valence-electron chi connectivity index (χ0n) is 12.5. The molecule has 3 atom stereocenters. The van der Waals surface area contributed by atoms with Crippen molar-refractivity contribution in [2.24, 2.45) is 0 Å². The molecule has 0 aromatic heterocycles. The van der Waals surface area contributed by atoms with E-state index in [9.17, 15) is 4.79 Å². The predicted octanol–water partition coefficient (Wildman–Crippen LogP) is 3.90. The summed E-state index contributed by atoms with van der Waals surface area (Å²) in [5.41, 5.74) is 0.596. The Balaban J connectivity index is 1.83. The summed E-state index contributed by atoms with van der Waals surface area (Å²) in [6, 6.07) is 8.11. The van der Waals surface area contributed by atoms with Crippen LogP contribution in [-0.4, -0.2) is 35.3 Å². The van der Waals surface area contributed by atoms with Crippen LogP contribution in [-0.2, 0) is 9.47 Å². The molecule has 4 nitrogen and oxygen atoms in total. The normalized spacial score (nSPS) is 28.0. The molecular formula is C16H20BrNO3. The molecule has 0 bridgehead atoms. The molecule has 1 saturated carbocycles. The third-order valence-electron chi connectivity index (χ3n) is 3.72. The maximum absolute atomic E-state index is 12.5. The fourth-order valence-electron chi connectivity index (χ4n) is 2.68. The Bertz CT molecular complexity index is 537. The van der Waals surface area contributed by atoms with E-state index in [2.05, 4.69) is 15.9 Å².